The van der Waals surface area contributed by atoms with Gasteiger partial charge in [0.05, 0.1) is 0 Å². The normalized spacial score (nSPS) is 12.0. The van der Waals surface area contributed by atoms with Crippen molar-refractivity contribution in [1.29, 1.82) is 0 Å². The fraction of sp³-hybridized carbons (Fsp3) is 0.0909. The van der Waals surface area contributed by atoms with Gasteiger partial charge in [-0.15, -0.1) is 0 Å². The van der Waals surface area contributed by atoms with Crippen molar-refractivity contribution in [2.75, 3.05) is 23.8 Å². The van der Waals surface area contributed by atoms with Crippen LogP contribution < -0.4 is 24.8 Å². The molecule has 0 fully saturated rings. The van der Waals surface area contributed by atoms with Gasteiger partial charge in [0.2, 0.25) is 0 Å². The van der Waals surface area contributed by atoms with Crippen LogP contribution in [0.3, 0.4) is 0 Å². The smallest absolute Gasteiger partial charge is 0.417 e. The van der Waals surface area contributed by atoms with Crippen LogP contribution in [0.25, 0.3) is 0 Å². The predicted molar refractivity (Wildman–Crippen MR) is 108 cm³/mol. The van der Waals surface area contributed by atoms with E-state index in [0.29, 0.717) is 47.4 Å². The molecule has 3 aromatic carbocycles. The Bertz CT molecular complexity index is 1020. The molecule has 1 aliphatic heterocycles. The summed E-state index contributed by atoms with van der Waals surface area (Å²) in [4.78, 5) is 24.4. The van der Waals surface area contributed by atoms with Crippen LogP contribution in [-0.4, -0.2) is 25.2 Å². The molecule has 2 amide bonds. The summed E-state index contributed by atoms with van der Waals surface area (Å²) in [6.45, 7) is 0.990. The summed E-state index contributed by atoms with van der Waals surface area (Å²) in [5, 5.41) is 5.43. The molecule has 1 aliphatic rings. The van der Waals surface area contributed by atoms with Gasteiger partial charge in [-0.1, -0.05) is 18.2 Å². The second-order valence-electron chi connectivity index (χ2n) is 6.22. The molecule has 0 saturated heterocycles. The number of nitrogens with one attached hydrogen (secondary N) is 2. The van der Waals surface area contributed by atoms with E-state index in [1.165, 1.54) is 0 Å². The van der Waals surface area contributed by atoms with Crippen molar-refractivity contribution in [2.24, 2.45) is 0 Å². The molecule has 0 unspecified atom stereocenters. The lowest BCUT2D eigenvalue weighted by Gasteiger charge is -2.19. The van der Waals surface area contributed by atoms with E-state index in [1.54, 1.807) is 66.7 Å². The van der Waals surface area contributed by atoms with Crippen LogP contribution in [0, 0.1) is 0 Å². The number of ether oxygens (including phenoxy) is 3. The molecule has 7 nitrogen and oxygen atoms in total. The van der Waals surface area contributed by atoms with E-state index < -0.39 is 6.09 Å². The molecule has 29 heavy (non-hydrogen) atoms. The van der Waals surface area contributed by atoms with Gasteiger partial charge in [0.1, 0.15) is 19.0 Å². The summed E-state index contributed by atoms with van der Waals surface area (Å²) in [7, 11) is 0. The molecule has 0 saturated carbocycles. The molecule has 0 aromatic heterocycles. The molecule has 4 rings (SSSR count). The third-order valence-electron chi connectivity index (χ3n) is 4.15. The minimum Gasteiger partial charge on any atom is -0.486 e. The number of hydrogen-bond donors (Lipinski definition) is 2. The first-order valence-corrected chi connectivity index (χ1v) is 9.02. The highest BCUT2D eigenvalue weighted by atomic mass is 16.6. The number of carbonyl (C=O) groups excluding carboxylic acids is 2. The second kappa shape index (κ2) is 8.35. The van der Waals surface area contributed by atoms with E-state index in [1.807, 2.05) is 6.07 Å². The first-order chi connectivity index (χ1) is 14.2. The molecule has 0 atom stereocenters. The Morgan fingerprint density at radius 1 is 0.759 bits per heavy atom. The molecular formula is C22H18N2O5. The Morgan fingerprint density at radius 3 is 2.21 bits per heavy atom. The number of benzene rings is 3. The standard InChI is InChI=1S/C22H18N2O5/c25-21(23-17-10-11-19-20(14-17)28-13-12-27-19)15-6-8-16(9-7-15)24-22(26)29-18-4-2-1-3-5-18/h1-11,14H,12-13H2,(H,23,25)(H,24,26). The lowest BCUT2D eigenvalue weighted by molar-refractivity contribution is 0.102. The maximum Gasteiger partial charge on any atom is 0.417 e. The number of para-hydroxylation sites is 1. The highest BCUT2D eigenvalue weighted by Crippen LogP contribution is 2.32. The number of hydrogen-bond acceptors (Lipinski definition) is 5. The number of fused-ring (bicyclic) bond motifs is 1. The van der Waals surface area contributed by atoms with Gasteiger partial charge >= 0.3 is 6.09 Å². The van der Waals surface area contributed by atoms with E-state index in [9.17, 15) is 9.59 Å². The molecular weight excluding hydrogens is 372 g/mol. The second-order valence-corrected chi connectivity index (χ2v) is 6.22. The average molecular weight is 390 g/mol. The van der Waals surface area contributed by atoms with Crippen molar-refractivity contribution in [1.82, 2.24) is 0 Å². The molecule has 0 aliphatic carbocycles. The van der Waals surface area contributed by atoms with Gasteiger partial charge in [-0.25, -0.2) is 4.79 Å². The first kappa shape index (κ1) is 18.4. The highest BCUT2D eigenvalue weighted by Gasteiger charge is 2.13. The third kappa shape index (κ3) is 4.65. The van der Waals surface area contributed by atoms with Crippen LogP contribution >= 0.6 is 0 Å². The lowest BCUT2D eigenvalue weighted by Crippen LogP contribution is -2.17. The molecule has 1 heterocycles. The van der Waals surface area contributed by atoms with Crippen LogP contribution in [0.4, 0.5) is 16.2 Å². The number of rotatable bonds is 4. The quantitative estimate of drug-likeness (QED) is 0.693. The fourth-order valence-electron chi connectivity index (χ4n) is 2.77. The predicted octanol–water partition coefficient (Wildman–Crippen LogP) is 4.32. The lowest BCUT2D eigenvalue weighted by atomic mass is 10.2. The number of amides is 2. The monoisotopic (exact) mass is 390 g/mol. The topological polar surface area (TPSA) is 85.9 Å². The number of carbonyl (C=O) groups is 2. The fourth-order valence-corrected chi connectivity index (χ4v) is 2.77. The van der Waals surface area contributed by atoms with Gasteiger partial charge in [-0.3, -0.25) is 10.1 Å². The molecule has 146 valence electrons. The van der Waals surface area contributed by atoms with Gasteiger partial charge in [-0.2, -0.15) is 0 Å². The van der Waals surface area contributed by atoms with Gasteiger partial charge in [0.15, 0.2) is 11.5 Å². The summed E-state index contributed by atoms with van der Waals surface area (Å²) in [5.41, 5.74) is 1.57. The molecule has 0 radical (unpaired) electrons. The molecule has 7 heteroatoms. The van der Waals surface area contributed by atoms with E-state index in [-0.39, 0.29) is 5.91 Å². The average Bonchev–Trinajstić information content (AvgIpc) is 2.75. The third-order valence-corrected chi connectivity index (χ3v) is 4.15. The van der Waals surface area contributed by atoms with Gasteiger partial charge in [0, 0.05) is 23.0 Å². The Morgan fingerprint density at radius 2 is 1.45 bits per heavy atom. The summed E-state index contributed by atoms with van der Waals surface area (Å²) >= 11 is 0. The van der Waals surface area contributed by atoms with Crippen LogP contribution in [0.1, 0.15) is 10.4 Å². The largest absolute Gasteiger partial charge is 0.486 e. The molecule has 0 bridgehead atoms. The van der Waals surface area contributed by atoms with Gasteiger partial charge in [-0.05, 0) is 48.5 Å². The van der Waals surface area contributed by atoms with Crippen molar-refractivity contribution in [3.05, 3.63) is 78.4 Å². The Hall–Kier alpha value is -4.00. The zero-order chi connectivity index (χ0) is 20.1. The zero-order valence-electron chi connectivity index (χ0n) is 15.4. The van der Waals surface area contributed by atoms with Crippen LogP contribution in [-0.2, 0) is 0 Å². The molecule has 2 N–H and O–H groups in total. The minimum atomic E-state index is -0.607. The SMILES string of the molecule is O=C(Nc1ccc(C(=O)Nc2ccc3c(c2)OCCO3)cc1)Oc1ccccc1. The van der Waals surface area contributed by atoms with Crippen molar-refractivity contribution < 1.29 is 23.8 Å². The van der Waals surface area contributed by atoms with Gasteiger partial charge in [0.25, 0.3) is 5.91 Å². The summed E-state index contributed by atoms with van der Waals surface area (Å²) in [6, 6.07) is 20.5. The summed E-state index contributed by atoms with van der Waals surface area (Å²) < 4.78 is 16.2. The Kier molecular flexibility index (Phi) is 5.29. The maximum atomic E-state index is 12.5. The summed E-state index contributed by atoms with van der Waals surface area (Å²) in [5.74, 6) is 1.43. The number of anilines is 2. The van der Waals surface area contributed by atoms with Crippen LogP contribution in [0.15, 0.2) is 72.8 Å². The van der Waals surface area contributed by atoms with E-state index in [0.717, 1.165) is 0 Å². The Labute approximate surface area is 167 Å². The van der Waals surface area contributed by atoms with Crippen molar-refractivity contribution >= 4 is 23.4 Å². The molecule has 3 aromatic rings. The van der Waals surface area contributed by atoms with Crippen molar-refractivity contribution in [2.45, 2.75) is 0 Å². The summed E-state index contributed by atoms with van der Waals surface area (Å²) in [6.07, 6.45) is -0.607. The van der Waals surface area contributed by atoms with E-state index in [2.05, 4.69) is 10.6 Å². The maximum absolute atomic E-state index is 12.5. The van der Waals surface area contributed by atoms with Crippen molar-refractivity contribution in [3.63, 3.8) is 0 Å². The minimum absolute atomic E-state index is 0.278. The Balaban J connectivity index is 1.36. The van der Waals surface area contributed by atoms with E-state index in [4.69, 9.17) is 14.2 Å². The van der Waals surface area contributed by atoms with Crippen molar-refractivity contribution in [3.8, 4) is 17.2 Å². The van der Waals surface area contributed by atoms with E-state index >= 15 is 0 Å². The highest BCUT2D eigenvalue weighted by molar-refractivity contribution is 6.04. The first-order valence-electron chi connectivity index (χ1n) is 9.02. The van der Waals surface area contributed by atoms with Gasteiger partial charge < -0.3 is 19.5 Å². The van der Waals surface area contributed by atoms with Crippen LogP contribution in [0.5, 0.6) is 17.2 Å². The van der Waals surface area contributed by atoms with Crippen LogP contribution in [0.2, 0.25) is 0 Å². The zero-order valence-corrected chi connectivity index (χ0v) is 15.4. The molecule has 0 spiro atoms.